The normalized spacial score (nSPS) is 11.5. The highest BCUT2D eigenvalue weighted by Crippen LogP contribution is 2.36. The molecule has 2 aromatic carbocycles. The highest BCUT2D eigenvalue weighted by Gasteiger charge is 2.18. The van der Waals surface area contributed by atoms with E-state index in [9.17, 15) is 18.1 Å². The Bertz CT molecular complexity index is 816. The van der Waals surface area contributed by atoms with Crippen LogP contribution >= 0.6 is 0 Å². The van der Waals surface area contributed by atoms with Crippen molar-refractivity contribution in [3.63, 3.8) is 0 Å². The van der Waals surface area contributed by atoms with Crippen molar-refractivity contribution in [3.8, 4) is 17.2 Å². The number of rotatable bonds is 11. The number of hydrogen-bond acceptors (Lipinski definition) is 4. The summed E-state index contributed by atoms with van der Waals surface area (Å²) < 4.78 is 38.1. The molecule has 5 nitrogen and oxygen atoms in total. The van der Waals surface area contributed by atoms with Gasteiger partial charge in [-0.3, -0.25) is 4.55 Å². The van der Waals surface area contributed by atoms with Crippen LogP contribution in [0, 0.1) is 0 Å². The quantitative estimate of drug-likeness (QED) is 0.377. The number of para-hydroxylation sites is 1. The van der Waals surface area contributed by atoms with Gasteiger partial charge in [-0.25, -0.2) is 0 Å². The van der Waals surface area contributed by atoms with E-state index in [-0.39, 0.29) is 16.4 Å². The fourth-order valence-electron chi connectivity index (χ4n) is 2.97. The average Bonchev–Trinajstić information content (AvgIpc) is 2.62. The SMILES string of the molecule is CCCCCCCCCc1c(O)cc(S(=O)(=O)O)cc1Oc1ccccc1. The zero-order chi connectivity index (χ0) is 19.7. The van der Waals surface area contributed by atoms with Crippen molar-refractivity contribution in [1.82, 2.24) is 0 Å². The molecule has 2 N–H and O–H groups in total. The molecule has 0 radical (unpaired) electrons. The van der Waals surface area contributed by atoms with Gasteiger partial charge in [-0.1, -0.05) is 63.6 Å². The Balaban J connectivity index is 2.14. The Morgan fingerprint density at radius 2 is 1.56 bits per heavy atom. The van der Waals surface area contributed by atoms with Crippen LogP contribution in [0.5, 0.6) is 17.2 Å². The predicted octanol–water partition coefficient (Wildman–Crippen LogP) is 5.72. The first kappa shape index (κ1) is 21.3. The van der Waals surface area contributed by atoms with Crippen LogP contribution in [0.3, 0.4) is 0 Å². The first-order valence-corrected chi connectivity index (χ1v) is 10.9. The Labute approximate surface area is 161 Å². The van der Waals surface area contributed by atoms with Crippen molar-refractivity contribution in [3.05, 3.63) is 48.0 Å². The number of hydrogen-bond donors (Lipinski definition) is 2. The van der Waals surface area contributed by atoms with E-state index in [1.165, 1.54) is 31.7 Å². The summed E-state index contributed by atoms with van der Waals surface area (Å²) in [6.07, 6.45) is 8.54. The standard InChI is InChI=1S/C21H28O5S/c1-2-3-4-5-6-7-11-14-19-20(22)15-18(27(23,24)25)16-21(19)26-17-12-9-8-10-13-17/h8-10,12-13,15-16,22H,2-7,11,14H2,1H3,(H,23,24,25). The van der Waals surface area contributed by atoms with Crippen molar-refractivity contribution in [1.29, 1.82) is 0 Å². The molecule has 0 unspecified atom stereocenters. The zero-order valence-electron chi connectivity index (χ0n) is 15.7. The zero-order valence-corrected chi connectivity index (χ0v) is 16.5. The lowest BCUT2D eigenvalue weighted by molar-refractivity contribution is 0.434. The molecule has 0 fully saturated rings. The van der Waals surface area contributed by atoms with Gasteiger partial charge in [0.2, 0.25) is 0 Å². The molecule has 0 aliphatic rings. The van der Waals surface area contributed by atoms with Gasteiger partial charge in [0.1, 0.15) is 22.1 Å². The van der Waals surface area contributed by atoms with Crippen LogP contribution in [0.25, 0.3) is 0 Å². The van der Waals surface area contributed by atoms with Crippen molar-refractivity contribution >= 4 is 10.1 Å². The van der Waals surface area contributed by atoms with E-state index in [1.807, 2.05) is 6.07 Å². The minimum atomic E-state index is -4.43. The molecule has 0 bridgehead atoms. The van der Waals surface area contributed by atoms with E-state index in [2.05, 4.69) is 6.92 Å². The van der Waals surface area contributed by atoms with Crippen molar-refractivity contribution in [2.24, 2.45) is 0 Å². The van der Waals surface area contributed by atoms with E-state index in [4.69, 9.17) is 4.74 Å². The molecule has 0 spiro atoms. The molecule has 0 heterocycles. The van der Waals surface area contributed by atoms with E-state index < -0.39 is 10.1 Å². The first-order chi connectivity index (χ1) is 12.9. The van der Waals surface area contributed by atoms with E-state index in [0.29, 0.717) is 17.7 Å². The topological polar surface area (TPSA) is 83.8 Å². The molecule has 0 aliphatic heterocycles. The van der Waals surface area contributed by atoms with Crippen molar-refractivity contribution in [2.45, 2.75) is 63.2 Å². The number of ether oxygens (including phenoxy) is 1. The minimum Gasteiger partial charge on any atom is -0.507 e. The number of phenolic OH excluding ortho intramolecular Hbond substituents is 1. The van der Waals surface area contributed by atoms with Gasteiger partial charge >= 0.3 is 0 Å². The third-order valence-electron chi connectivity index (χ3n) is 4.46. The van der Waals surface area contributed by atoms with Crippen LogP contribution in [0.4, 0.5) is 0 Å². The molecule has 0 amide bonds. The fourth-order valence-corrected chi connectivity index (χ4v) is 3.49. The maximum atomic E-state index is 11.5. The smallest absolute Gasteiger partial charge is 0.294 e. The van der Waals surface area contributed by atoms with Gasteiger partial charge in [-0.2, -0.15) is 8.42 Å². The lowest BCUT2D eigenvalue weighted by atomic mass is 10.0. The van der Waals surface area contributed by atoms with Gasteiger partial charge < -0.3 is 9.84 Å². The molecule has 0 aliphatic carbocycles. The van der Waals surface area contributed by atoms with Gasteiger partial charge in [0.05, 0.1) is 0 Å². The van der Waals surface area contributed by atoms with E-state index in [0.717, 1.165) is 25.3 Å². The third-order valence-corrected chi connectivity index (χ3v) is 5.29. The first-order valence-electron chi connectivity index (χ1n) is 9.48. The summed E-state index contributed by atoms with van der Waals surface area (Å²) in [5, 5.41) is 10.3. The summed E-state index contributed by atoms with van der Waals surface area (Å²) in [4.78, 5) is -0.380. The summed E-state index contributed by atoms with van der Waals surface area (Å²) in [5.74, 6) is 0.604. The number of unbranched alkanes of at least 4 members (excludes halogenated alkanes) is 6. The maximum absolute atomic E-state index is 11.5. The summed E-state index contributed by atoms with van der Waals surface area (Å²) in [6.45, 7) is 2.19. The Kier molecular flexibility index (Phi) is 8.13. The molecule has 2 aromatic rings. The predicted molar refractivity (Wildman–Crippen MR) is 106 cm³/mol. The van der Waals surface area contributed by atoms with Crippen LogP contribution in [-0.2, 0) is 16.5 Å². The minimum absolute atomic E-state index is 0.179. The molecule has 0 atom stereocenters. The maximum Gasteiger partial charge on any atom is 0.294 e. The molecule has 27 heavy (non-hydrogen) atoms. The number of aromatic hydroxyl groups is 1. The summed E-state index contributed by atoms with van der Waals surface area (Å²) in [6, 6.07) is 11.3. The Morgan fingerprint density at radius 3 is 2.19 bits per heavy atom. The van der Waals surface area contributed by atoms with Gasteiger partial charge in [-0.15, -0.1) is 0 Å². The summed E-state index contributed by atoms with van der Waals surface area (Å²) >= 11 is 0. The lowest BCUT2D eigenvalue weighted by Gasteiger charge is -2.14. The summed E-state index contributed by atoms with van der Waals surface area (Å²) in [5.41, 5.74) is 0.555. The molecule has 6 heteroatoms. The van der Waals surface area contributed by atoms with E-state index >= 15 is 0 Å². The van der Waals surface area contributed by atoms with Gasteiger partial charge in [0.25, 0.3) is 10.1 Å². The van der Waals surface area contributed by atoms with Crippen LogP contribution in [0.15, 0.2) is 47.4 Å². The number of benzene rings is 2. The molecule has 0 aromatic heterocycles. The van der Waals surface area contributed by atoms with Crippen LogP contribution in [-0.4, -0.2) is 18.1 Å². The second kappa shape index (κ2) is 10.3. The molecule has 0 saturated heterocycles. The van der Waals surface area contributed by atoms with Crippen LogP contribution in [0.1, 0.15) is 57.4 Å². The molecular formula is C21H28O5S. The monoisotopic (exact) mass is 392 g/mol. The Hall–Kier alpha value is -2.05. The highest BCUT2D eigenvalue weighted by molar-refractivity contribution is 7.85. The van der Waals surface area contributed by atoms with Crippen molar-refractivity contribution < 1.29 is 22.8 Å². The molecule has 148 valence electrons. The van der Waals surface area contributed by atoms with Gasteiger partial charge in [-0.05, 0) is 25.0 Å². The summed E-state index contributed by atoms with van der Waals surface area (Å²) in [7, 11) is -4.43. The van der Waals surface area contributed by atoms with E-state index in [1.54, 1.807) is 24.3 Å². The number of phenols is 1. The third kappa shape index (κ3) is 6.88. The average molecular weight is 393 g/mol. The molecule has 2 rings (SSSR count). The largest absolute Gasteiger partial charge is 0.507 e. The van der Waals surface area contributed by atoms with Crippen LogP contribution in [0.2, 0.25) is 0 Å². The van der Waals surface area contributed by atoms with Gasteiger partial charge in [0.15, 0.2) is 0 Å². The van der Waals surface area contributed by atoms with Gasteiger partial charge in [0, 0.05) is 17.7 Å². The molecular weight excluding hydrogens is 364 g/mol. The Morgan fingerprint density at radius 1 is 0.926 bits per heavy atom. The lowest BCUT2D eigenvalue weighted by Crippen LogP contribution is -2.01. The second-order valence-corrected chi connectivity index (χ2v) is 8.10. The van der Waals surface area contributed by atoms with Crippen molar-refractivity contribution in [2.75, 3.05) is 0 Å². The molecule has 0 saturated carbocycles. The van der Waals surface area contributed by atoms with Crippen LogP contribution < -0.4 is 4.74 Å². The fraction of sp³-hybridized carbons (Fsp3) is 0.429. The second-order valence-electron chi connectivity index (χ2n) is 6.68. The highest BCUT2D eigenvalue weighted by atomic mass is 32.2.